The maximum atomic E-state index is 14.2. The van der Waals surface area contributed by atoms with E-state index in [1.165, 1.54) is 6.07 Å². The molecule has 2 aromatic rings. The first kappa shape index (κ1) is 20.3. The summed E-state index contributed by atoms with van der Waals surface area (Å²) >= 11 is 0. The number of nitrogens with one attached hydrogen (secondary N) is 1. The number of carbonyl (C=O) groups excluding carboxylic acids is 2. The number of ketones is 1. The van der Waals surface area contributed by atoms with E-state index in [4.69, 9.17) is 4.74 Å². The molecule has 1 atom stereocenters. The highest BCUT2D eigenvalue weighted by Gasteiger charge is 2.29. The molecule has 1 aliphatic carbocycles. The Bertz CT molecular complexity index is 888. The van der Waals surface area contributed by atoms with Crippen LogP contribution >= 0.6 is 0 Å². The van der Waals surface area contributed by atoms with E-state index in [0.29, 0.717) is 30.6 Å². The van der Waals surface area contributed by atoms with Gasteiger partial charge >= 0.3 is 0 Å². The molecule has 6 heteroatoms. The quantitative estimate of drug-likeness (QED) is 0.795. The Labute approximate surface area is 164 Å². The van der Waals surface area contributed by atoms with Crippen LogP contribution in [0.4, 0.5) is 4.39 Å². The molecule has 0 aliphatic heterocycles. The van der Waals surface area contributed by atoms with Crippen molar-refractivity contribution in [1.29, 1.82) is 0 Å². The molecule has 150 valence electrons. The maximum Gasteiger partial charge on any atom is 0.224 e. The van der Waals surface area contributed by atoms with E-state index in [0.717, 1.165) is 29.8 Å². The van der Waals surface area contributed by atoms with Crippen LogP contribution in [0.1, 0.15) is 52.6 Å². The number of amides is 1. The average Bonchev–Trinajstić information content (AvgIpc) is 2.94. The summed E-state index contributed by atoms with van der Waals surface area (Å²) in [6.07, 6.45) is 2.10. The van der Waals surface area contributed by atoms with Crippen molar-refractivity contribution in [2.45, 2.75) is 52.2 Å². The molecule has 1 aliphatic rings. The van der Waals surface area contributed by atoms with Gasteiger partial charge in [-0.15, -0.1) is 0 Å². The number of halogens is 1. The van der Waals surface area contributed by atoms with Crippen LogP contribution in [0.5, 0.6) is 0 Å². The van der Waals surface area contributed by atoms with Crippen molar-refractivity contribution in [2.24, 2.45) is 0 Å². The third-order valence-electron chi connectivity index (χ3n) is 5.47. The van der Waals surface area contributed by atoms with Gasteiger partial charge in [-0.25, -0.2) is 4.39 Å². The number of methoxy groups -OCH3 is 1. The number of rotatable bonds is 7. The average molecular weight is 386 g/mol. The van der Waals surface area contributed by atoms with Gasteiger partial charge in [0.05, 0.1) is 19.1 Å². The molecule has 28 heavy (non-hydrogen) atoms. The lowest BCUT2D eigenvalue weighted by Crippen LogP contribution is -2.33. The van der Waals surface area contributed by atoms with Gasteiger partial charge in [0, 0.05) is 42.6 Å². The number of carbonyl (C=O) groups is 2. The summed E-state index contributed by atoms with van der Waals surface area (Å²) in [5.74, 6) is -0.333. The van der Waals surface area contributed by atoms with Gasteiger partial charge in [-0.1, -0.05) is 18.2 Å². The Hall–Kier alpha value is -2.47. The molecule has 0 saturated heterocycles. The van der Waals surface area contributed by atoms with Gasteiger partial charge < -0.3 is 14.6 Å². The fourth-order valence-electron chi connectivity index (χ4n) is 3.78. The highest BCUT2D eigenvalue weighted by molar-refractivity contribution is 6.01. The number of benzene rings is 1. The second-order valence-corrected chi connectivity index (χ2v) is 7.37. The number of nitrogens with zero attached hydrogens (tertiary/aromatic N) is 1. The molecule has 0 bridgehead atoms. The smallest absolute Gasteiger partial charge is 0.224 e. The first-order chi connectivity index (χ1) is 13.4. The van der Waals surface area contributed by atoms with Crippen LogP contribution < -0.4 is 5.32 Å². The van der Waals surface area contributed by atoms with E-state index in [1.54, 1.807) is 25.3 Å². The molecule has 0 fully saturated rings. The minimum absolute atomic E-state index is 0.0738. The van der Waals surface area contributed by atoms with E-state index < -0.39 is 0 Å². The summed E-state index contributed by atoms with van der Waals surface area (Å²) in [5.41, 5.74) is 3.78. The Morgan fingerprint density at radius 2 is 2.07 bits per heavy atom. The SMILES string of the molecule is COC(C)CNC(=O)Cc1c2c(n(Cc3ccccc3F)c1C)CCCC2=O. The maximum absolute atomic E-state index is 14.2. The molecule has 1 N–H and O–H groups in total. The van der Waals surface area contributed by atoms with Crippen molar-refractivity contribution >= 4 is 11.7 Å². The molecule has 1 unspecified atom stereocenters. The first-order valence-corrected chi connectivity index (χ1v) is 9.69. The zero-order chi connectivity index (χ0) is 20.3. The molecule has 0 spiro atoms. The number of Topliss-reactive ketones (excluding diaryl/α,β-unsaturated/α-hetero) is 1. The number of aromatic nitrogens is 1. The number of hydrogen-bond acceptors (Lipinski definition) is 3. The second kappa shape index (κ2) is 8.69. The van der Waals surface area contributed by atoms with Crippen LogP contribution in [-0.2, 0) is 28.9 Å². The standard InChI is InChI=1S/C22H27FN2O3/c1-14(28-3)12-24-21(27)11-17-15(2)25(13-16-7-4-5-8-18(16)23)19-9-6-10-20(26)22(17)19/h4-5,7-8,14H,6,9-13H2,1-3H3,(H,24,27). The molecule has 1 heterocycles. The molecular weight excluding hydrogens is 359 g/mol. The van der Waals surface area contributed by atoms with Gasteiger partial charge in [0.25, 0.3) is 0 Å². The van der Waals surface area contributed by atoms with Crippen molar-refractivity contribution in [3.8, 4) is 0 Å². The summed E-state index contributed by atoms with van der Waals surface area (Å²) in [7, 11) is 1.60. The summed E-state index contributed by atoms with van der Waals surface area (Å²) < 4.78 is 21.3. The van der Waals surface area contributed by atoms with Gasteiger partial charge in [0.1, 0.15) is 5.82 Å². The topological polar surface area (TPSA) is 60.3 Å². The Morgan fingerprint density at radius 1 is 1.32 bits per heavy atom. The van der Waals surface area contributed by atoms with Crippen molar-refractivity contribution in [3.63, 3.8) is 0 Å². The van der Waals surface area contributed by atoms with Gasteiger partial charge in [-0.05, 0) is 38.3 Å². The predicted molar refractivity (Wildman–Crippen MR) is 105 cm³/mol. The third-order valence-corrected chi connectivity index (χ3v) is 5.47. The zero-order valence-corrected chi connectivity index (χ0v) is 16.7. The number of ether oxygens (including phenoxy) is 1. The highest BCUT2D eigenvalue weighted by atomic mass is 19.1. The van der Waals surface area contributed by atoms with Crippen molar-refractivity contribution in [2.75, 3.05) is 13.7 Å². The number of hydrogen-bond donors (Lipinski definition) is 1. The minimum atomic E-state index is -0.265. The molecule has 1 amide bonds. The number of fused-ring (bicyclic) bond motifs is 1. The molecule has 0 saturated carbocycles. The Morgan fingerprint density at radius 3 is 2.79 bits per heavy atom. The van der Waals surface area contributed by atoms with Crippen molar-refractivity contribution in [3.05, 3.63) is 58.2 Å². The normalized spacial score (nSPS) is 14.6. The summed E-state index contributed by atoms with van der Waals surface area (Å²) in [6, 6.07) is 6.67. The summed E-state index contributed by atoms with van der Waals surface area (Å²) in [5, 5.41) is 2.85. The van der Waals surface area contributed by atoms with Crippen LogP contribution in [0, 0.1) is 12.7 Å². The van der Waals surface area contributed by atoms with E-state index in [-0.39, 0.29) is 30.0 Å². The van der Waals surface area contributed by atoms with Gasteiger partial charge in [-0.3, -0.25) is 9.59 Å². The predicted octanol–water partition coefficient (Wildman–Crippen LogP) is 3.20. The van der Waals surface area contributed by atoms with Gasteiger partial charge in [0.15, 0.2) is 5.78 Å². The first-order valence-electron chi connectivity index (χ1n) is 9.69. The van der Waals surface area contributed by atoms with Crippen molar-refractivity contribution in [1.82, 2.24) is 9.88 Å². The second-order valence-electron chi connectivity index (χ2n) is 7.37. The molecule has 1 aromatic carbocycles. The summed E-state index contributed by atoms with van der Waals surface area (Å²) in [4.78, 5) is 25.1. The van der Waals surface area contributed by atoms with E-state index in [1.807, 2.05) is 18.4 Å². The fraction of sp³-hybridized carbons (Fsp3) is 0.455. The lowest BCUT2D eigenvalue weighted by atomic mass is 9.92. The molecule has 5 nitrogen and oxygen atoms in total. The monoisotopic (exact) mass is 386 g/mol. The highest BCUT2D eigenvalue weighted by Crippen LogP contribution is 2.31. The lowest BCUT2D eigenvalue weighted by molar-refractivity contribution is -0.120. The van der Waals surface area contributed by atoms with Crippen LogP contribution in [-0.4, -0.2) is 36.0 Å². The zero-order valence-electron chi connectivity index (χ0n) is 16.7. The van der Waals surface area contributed by atoms with E-state index >= 15 is 0 Å². The minimum Gasteiger partial charge on any atom is -0.380 e. The Balaban J connectivity index is 1.92. The molecule has 1 aromatic heterocycles. The lowest BCUT2D eigenvalue weighted by Gasteiger charge is -2.16. The van der Waals surface area contributed by atoms with Gasteiger partial charge in [0.2, 0.25) is 5.91 Å². The third kappa shape index (κ3) is 4.17. The molecule has 3 rings (SSSR count). The van der Waals surface area contributed by atoms with Crippen LogP contribution in [0.15, 0.2) is 24.3 Å². The van der Waals surface area contributed by atoms with E-state index in [2.05, 4.69) is 5.32 Å². The molecular formula is C22H27FN2O3. The fourth-order valence-corrected chi connectivity index (χ4v) is 3.78. The van der Waals surface area contributed by atoms with Crippen LogP contribution in [0.25, 0.3) is 0 Å². The molecule has 0 radical (unpaired) electrons. The van der Waals surface area contributed by atoms with Crippen LogP contribution in [0.2, 0.25) is 0 Å². The van der Waals surface area contributed by atoms with Crippen LogP contribution in [0.3, 0.4) is 0 Å². The van der Waals surface area contributed by atoms with Crippen molar-refractivity contribution < 1.29 is 18.7 Å². The largest absolute Gasteiger partial charge is 0.380 e. The summed E-state index contributed by atoms with van der Waals surface area (Å²) in [6.45, 7) is 4.56. The van der Waals surface area contributed by atoms with Gasteiger partial charge in [-0.2, -0.15) is 0 Å². The van der Waals surface area contributed by atoms with E-state index in [9.17, 15) is 14.0 Å². The Kier molecular flexibility index (Phi) is 6.29.